The van der Waals surface area contributed by atoms with Crippen LogP contribution in [0.2, 0.25) is 0 Å². The molecule has 0 amide bonds. The summed E-state index contributed by atoms with van der Waals surface area (Å²) < 4.78 is 23.6. The maximum absolute atomic E-state index is 11.8. The lowest BCUT2D eigenvalue weighted by Crippen LogP contribution is -2.37. The second-order valence-corrected chi connectivity index (χ2v) is 6.64. The number of hydrogen-bond acceptors (Lipinski definition) is 3. The number of piperidine rings is 1. The third-order valence-electron chi connectivity index (χ3n) is 3.10. The van der Waals surface area contributed by atoms with E-state index in [2.05, 4.69) is 5.32 Å². The normalized spacial score (nSPS) is 22.1. The van der Waals surface area contributed by atoms with Crippen LogP contribution in [-0.4, -0.2) is 32.5 Å². The van der Waals surface area contributed by atoms with E-state index in [9.17, 15) is 8.42 Å². The van der Waals surface area contributed by atoms with E-state index >= 15 is 0 Å². The van der Waals surface area contributed by atoms with E-state index < -0.39 is 9.84 Å². The lowest BCUT2D eigenvalue weighted by Gasteiger charge is -2.27. The van der Waals surface area contributed by atoms with Gasteiger partial charge in [0.25, 0.3) is 0 Å². The Morgan fingerprint density at radius 1 is 1.36 bits per heavy atom. The Labute approximate surface area is 87.2 Å². The van der Waals surface area contributed by atoms with E-state index in [4.69, 9.17) is 0 Å². The first-order valence-electron chi connectivity index (χ1n) is 5.50. The molecule has 0 aromatic rings. The van der Waals surface area contributed by atoms with Gasteiger partial charge in [-0.3, -0.25) is 0 Å². The molecule has 0 aliphatic carbocycles. The molecule has 1 unspecified atom stereocenters. The maximum atomic E-state index is 11.8. The predicted octanol–water partition coefficient (Wildman–Crippen LogP) is 1.20. The summed E-state index contributed by atoms with van der Waals surface area (Å²) in [5.41, 5.74) is 0. The monoisotopic (exact) mass is 219 g/mol. The molecule has 1 rings (SSSR count). The van der Waals surface area contributed by atoms with Gasteiger partial charge in [0.2, 0.25) is 0 Å². The molecule has 1 fully saturated rings. The molecule has 1 aliphatic rings. The fraction of sp³-hybridized carbons (Fsp3) is 1.00. The van der Waals surface area contributed by atoms with Gasteiger partial charge in [-0.2, -0.15) is 0 Å². The molecule has 0 spiro atoms. The van der Waals surface area contributed by atoms with Crippen molar-refractivity contribution >= 4 is 9.84 Å². The van der Waals surface area contributed by atoms with Crippen molar-refractivity contribution in [3.8, 4) is 0 Å². The van der Waals surface area contributed by atoms with Gasteiger partial charge >= 0.3 is 0 Å². The molecule has 4 heteroatoms. The topological polar surface area (TPSA) is 46.2 Å². The second-order valence-electron chi connectivity index (χ2n) is 4.16. The van der Waals surface area contributed by atoms with Crippen LogP contribution in [0.4, 0.5) is 0 Å². The third kappa shape index (κ3) is 2.95. The molecule has 1 saturated heterocycles. The maximum Gasteiger partial charge on any atom is 0.153 e. The van der Waals surface area contributed by atoms with E-state index in [0.29, 0.717) is 11.7 Å². The highest BCUT2D eigenvalue weighted by Crippen LogP contribution is 2.22. The van der Waals surface area contributed by atoms with Crippen LogP contribution in [0, 0.1) is 5.92 Å². The van der Waals surface area contributed by atoms with Gasteiger partial charge in [-0.05, 0) is 45.2 Å². The molecule has 1 N–H and O–H groups in total. The number of rotatable bonds is 4. The lowest BCUT2D eigenvalue weighted by atomic mass is 9.95. The van der Waals surface area contributed by atoms with Crippen LogP contribution < -0.4 is 5.32 Å². The SMILES string of the molecule is CCCS(=O)(=O)C(C)C1CCNCC1. The number of hydrogen-bond donors (Lipinski definition) is 1. The summed E-state index contributed by atoms with van der Waals surface area (Å²) in [6.45, 7) is 5.74. The van der Waals surface area contributed by atoms with E-state index in [1.54, 1.807) is 0 Å². The minimum Gasteiger partial charge on any atom is -0.317 e. The highest BCUT2D eigenvalue weighted by Gasteiger charge is 2.29. The fourth-order valence-electron chi connectivity index (χ4n) is 2.08. The summed E-state index contributed by atoms with van der Waals surface area (Å²) in [6.07, 6.45) is 2.74. The Balaban J connectivity index is 2.58. The quantitative estimate of drug-likeness (QED) is 0.773. The van der Waals surface area contributed by atoms with Gasteiger partial charge in [0.1, 0.15) is 0 Å². The van der Waals surface area contributed by atoms with Crippen molar-refractivity contribution in [2.24, 2.45) is 5.92 Å². The molecule has 3 nitrogen and oxygen atoms in total. The zero-order valence-corrected chi connectivity index (χ0v) is 9.94. The average Bonchev–Trinajstić information content (AvgIpc) is 2.18. The molecule has 84 valence electrons. The zero-order chi connectivity index (χ0) is 10.6. The first kappa shape index (κ1) is 12.0. The summed E-state index contributed by atoms with van der Waals surface area (Å²) >= 11 is 0. The van der Waals surface area contributed by atoms with E-state index in [-0.39, 0.29) is 5.25 Å². The largest absolute Gasteiger partial charge is 0.317 e. The second kappa shape index (κ2) is 5.12. The molecule has 1 aliphatic heterocycles. The van der Waals surface area contributed by atoms with Crippen molar-refractivity contribution in [3.63, 3.8) is 0 Å². The van der Waals surface area contributed by atoms with Gasteiger partial charge in [0.15, 0.2) is 9.84 Å². The van der Waals surface area contributed by atoms with E-state index in [1.807, 2.05) is 13.8 Å². The number of sulfone groups is 1. The van der Waals surface area contributed by atoms with Crippen molar-refractivity contribution in [1.82, 2.24) is 5.32 Å². The van der Waals surface area contributed by atoms with Crippen LogP contribution in [0.5, 0.6) is 0 Å². The molecule has 0 aromatic heterocycles. The summed E-state index contributed by atoms with van der Waals surface area (Å²) in [4.78, 5) is 0. The zero-order valence-electron chi connectivity index (χ0n) is 9.12. The molecule has 1 heterocycles. The lowest BCUT2D eigenvalue weighted by molar-refractivity contribution is 0.363. The summed E-state index contributed by atoms with van der Waals surface area (Å²) in [7, 11) is -2.84. The first-order chi connectivity index (χ1) is 6.58. The average molecular weight is 219 g/mol. The van der Waals surface area contributed by atoms with Crippen molar-refractivity contribution in [3.05, 3.63) is 0 Å². The van der Waals surface area contributed by atoms with Crippen LogP contribution in [0.3, 0.4) is 0 Å². The van der Waals surface area contributed by atoms with Gasteiger partial charge in [-0.25, -0.2) is 8.42 Å². The standard InChI is InChI=1S/C10H21NO2S/c1-3-8-14(12,13)9(2)10-4-6-11-7-5-10/h9-11H,3-8H2,1-2H3. The van der Waals surface area contributed by atoms with Crippen LogP contribution in [-0.2, 0) is 9.84 Å². The molecule has 1 atom stereocenters. The predicted molar refractivity (Wildman–Crippen MR) is 59.1 cm³/mol. The third-order valence-corrected chi connectivity index (χ3v) is 5.60. The van der Waals surface area contributed by atoms with Gasteiger partial charge in [-0.1, -0.05) is 6.92 Å². The summed E-state index contributed by atoms with van der Waals surface area (Å²) in [5.74, 6) is 0.714. The Morgan fingerprint density at radius 2 is 1.93 bits per heavy atom. The molecule has 0 radical (unpaired) electrons. The molecule has 14 heavy (non-hydrogen) atoms. The minimum absolute atomic E-state index is 0.149. The van der Waals surface area contributed by atoms with Gasteiger partial charge in [0.05, 0.1) is 11.0 Å². The highest BCUT2D eigenvalue weighted by molar-refractivity contribution is 7.92. The van der Waals surface area contributed by atoms with Crippen LogP contribution in [0.25, 0.3) is 0 Å². The molecule has 0 saturated carbocycles. The Bertz CT molecular complexity index is 255. The summed E-state index contributed by atoms with van der Waals surface area (Å²) in [6, 6.07) is 0. The van der Waals surface area contributed by atoms with Crippen molar-refractivity contribution in [1.29, 1.82) is 0 Å². The first-order valence-corrected chi connectivity index (χ1v) is 7.21. The number of nitrogens with one attached hydrogen (secondary N) is 1. The van der Waals surface area contributed by atoms with Gasteiger partial charge in [0, 0.05) is 0 Å². The van der Waals surface area contributed by atoms with Crippen LogP contribution >= 0.6 is 0 Å². The molecule has 0 aromatic carbocycles. The van der Waals surface area contributed by atoms with E-state index in [1.165, 1.54) is 0 Å². The fourth-order valence-corrected chi connectivity index (χ4v) is 3.88. The Morgan fingerprint density at radius 3 is 2.43 bits per heavy atom. The molecule has 0 bridgehead atoms. The minimum atomic E-state index is -2.84. The van der Waals surface area contributed by atoms with Crippen molar-refractivity contribution in [2.75, 3.05) is 18.8 Å². The van der Waals surface area contributed by atoms with Gasteiger partial charge < -0.3 is 5.32 Å². The van der Waals surface area contributed by atoms with Crippen molar-refractivity contribution < 1.29 is 8.42 Å². The molecular formula is C10H21NO2S. The van der Waals surface area contributed by atoms with E-state index in [0.717, 1.165) is 32.4 Å². The molecular weight excluding hydrogens is 198 g/mol. The summed E-state index contributed by atoms with van der Waals surface area (Å²) in [5, 5.41) is 3.11. The highest BCUT2D eigenvalue weighted by atomic mass is 32.2. The van der Waals surface area contributed by atoms with Crippen LogP contribution in [0.1, 0.15) is 33.1 Å². The van der Waals surface area contributed by atoms with Gasteiger partial charge in [-0.15, -0.1) is 0 Å². The Kier molecular flexibility index (Phi) is 4.38. The smallest absolute Gasteiger partial charge is 0.153 e. The van der Waals surface area contributed by atoms with Crippen LogP contribution in [0.15, 0.2) is 0 Å². The Hall–Kier alpha value is -0.0900. The van der Waals surface area contributed by atoms with Crippen molar-refractivity contribution in [2.45, 2.75) is 38.4 Å².